The van der Waals surface area contributed by atoms with E-state index in [9.17, 15) is 0 Å². The van der Waals surface area contributed by atoms with Gasteiger partial charge in [0.15, 0.2) is 0 Å². The molecule has 2 rings (SSSR count). The lowest BCUT2D eigenvalue weighted by molar-refractivity contribution is -0.707. The maximum absolute atomic E-state index is 5.86. The summed E-state index contributed by atoms with van der Waals surface area (Å²) in [7, 11) is 0. The molecular weight excluding hydrogens is 230 g/mol. The Balaban J connectivity index is 1.92. The third-order valence-electron chi connectivity index (χ3n) is 2.95. The number of benzene rings is 2. The Morgan fingerprint density at radius 2 is 1.65 bits per heavy atom. The van der Waals surface area contributed by atoms with E-state index in [1.54, 1.807) is 0 Å². The van der Waals surface area contributed by atoms with Crippen molar-refractivity contribution in [1.29, 1.82) is 0 Å². The van der Waals surface area contributed by atoms with Crippen LogP contribution in [0.15, 0.2) is 54.6 Å². The maximum atomic E-state index is 5.86. The van der Waals surface area contributed by atoms with Gasteiger partial charge in [-0.15, -0.1) is 0 Å². The van der Waals surface area contributed by atoms with Crippen LogP contribution in [0.3, 0.4) is 0 Å². The summed E-state index contributed by atoms with van der Waals surface area (Å²) < 4.78 is 0. The molecule has 17 heavy (non-hydrogen) atoms. The SMILES string of the molecule is C[C@@H]([NH2+]Cc1ccc(Cl)cc1)c1ccccc1. The van der Waals surface area contributed by atoms with Crippen molar-refractivity contribution < 1.29 is 5.32 Å². The molecule has 0 fully saturated rings. The van der Waals surface area contributed by atoms with Crippen molar-refractivity contribution in [2.24, 2.45) is 0 Å². The normalized spacial score (nSPS) is 12.4. The molecule has 2 aromatic rings. The zero-order chi connectivity index (χ0) is 12.1. The minimum Gasteiger partial charge on any atom is -0.337 e. The van der Waals surface area contributed by atoms with Crippen LogP contribution in [0, 0.1) is 0 Å². The topological polar surface area (TPSA) is 16.6 Å². The van der Waals surface area contributed by atoms with E-state index in [2.05, 4.69) is 54.7 Å². The van der Waals surface area contributed by atoms with E-state index in [-0.39, 0.29) is 0 Å². The number of hydrogen-bond acceptors (Lipinski definition) is 0. The van der Waals surface area contributed by atoms with Crippen LogP contribution in [-0.2, 0) is 6.54 Å². The zero-order valence-corrected chi connectivity index (χ0v) is 10.7. The summed E-state index contributed by atoms with van der Waals surface area (Å²) in [6, 6.07) is 19.1. The summed E-state index contributed by atoms with van der Waals surface area (Å²) in [5.41, 5.74) is 2.67. The van der Waals surface area contributed by atoms with Gasteiger partial charge in [-0.2, -0.15) is 0 Å². The molecule has 1 atom stereocenters. The molecule has 0 heterocycles. The van der Waals surface area contributed by atoms with E-state index in [1.165, 1.54) is 11.1 Å². The van der Waals surface area contributed by atoms with Gasteiger partial charge in [0, 0.05) is 16.1 Å². The molecule has 0 saturated carbocycles. The molecule has 2 heteroatoms. The smallest absolute Gasteiger partial charge is 0.109 e. The first kappa shape index (κ1) is 12.2. The molecule has 88 valence electrons. The Morgan fingerprint density at radius 1 is 1.00 bits per heavy atom. The molecule has 0 aromatic heterocycles. The minimum absolute atomic E-state index is 0.479. The molecule has 0 unspecified atom stereocenters. The summed E-state index contributed by atoms with van der Waals surface area (Å²) in [6.45, 7) is 3.21. The second kappa shape index (κ2) is 5.85. The van der Waals surface area contributed by atoms with Gasteiger partial charge < -0.3 is 5.32 Å². The first-order valence-corrected chi connectivity index (χ1v) is 6.26. The minimum atomic E-state index is 0.479. The highest BCUT2D eigenvalue weighted by Crippen LogP contribution is 2.10. The average Bonchev–Trinajstić information content (AvgIpc) is 2.39. The van der Waals surface area contributed by atoms with Crippen molar-refractivity contribution in [3.8, 4) is 0 Å². The molecule has 0 aliphatic rings. The Morgan fingerprint density at radius 3 is 2.29 bits per heavy atom. The lowest BCUT2D eigenvalue weighted by Crippen LogP contribution is -2.83. The summed E-state index contributed by atoms with van der Waals surface area (Å²) in [6.07, 6.45) is 0. The van der Waals surface area contributed by atoms with Gasteiger partial charge in [-0.05, 0) is 19.1 Å². The highest BCUT2D eigenvalue weighted by Gasteiger charge is 2.07. The van der Waals surface area contributed by atoms with Crippen molar-refractivity contribution in [1.82, 2.24) is 0 Å². The van der Waals surface area contributed by atoms with E-state index in [0.717, 1.165) is 11.6 Å². The number of quaternary nitrogens is 1. The number of rotatable bonds is 4. The monoisotopic (exact) mass is 246 g/mol. The predicted octanol–water partition coefficient (Wildman–Crippen LogP) is 3.16. The summed E-state index contributed by atoms with van der Waals surface area (Å²) >= 11 is 5.86. The number of nitrogens with two attached hydrogens (primary N) is 1. The molecule has 0 bridgehead atoms. The third kappa shape index (κ3) is 3.58. The Labute approximate surface area is 107 Å². The fourth-order valence-electron chi connectivity index (χ4n) is 1.83. The van der Waals surface area contributed by atoms with Gasteiger partial charge in [-0.3, -0.25) is 0 Å². The van der Waals surface area contributed by atoms with Crippen LogP contribution in [0.25, 0.3) is 0 Å². The van der Waals surface area contributed by atoms with Gasteiger partial charge >= 0.3 is 0 Å². The van der Waals surface area contributed by atoms with Crippen molar-refractivity contribution in [3.63, 3.8) is 0 Å². The van der Waals surface area contributed by atoms with Crippen molar-refractivity contribution in [2.45, 2.75) is 19.5 Å². The summed E-state index contributed by atoms with van der Waals surface area (Å²) in [5.74, 6) is 0. The second-order valence-corrected chi connectivity index (χ2v) is 4.70. The van der Waals surface area contributed by atoms with Crippen LogP contribution >= 0.6 is 11.6 Å². The second-order valence-electron chi connectivity index (χ2n) is 4.27. The molecule has 1 nitrogen and oxygen atoms in total. The van der Waals surface area contributed by atoms with Gasteiger partial charge in [-0.25, -0.2) is 0 Å². The molecule has 2 N–H and O–H groups in total. The van der Waals surface area contributed by atoms with E-state index < -0.39 is 0 Å². The Hall–Kier alpha value is -1.31. The first-order chi connectivity index (χ1) is 8.25. The van der Waals surface area contributed by atoms with Crippen LogP contribution in [0.2, 0.25) is 5.02 Å². The van der Waals surface area contributed by atoms with Gasteiger partial charge in [0.2, 0.25) is 0 Å². The van der Waals surface area contributed by atoms with Gasteiger partial charge in [0.1, 0.15) is 12.6 Å². The first-order valence-electron chi connectivity index (χ1n) is 5.88. The maximum Gasteiger partial charge on any atom is 0.109 e. The van der Waals surface area contributed by atoms with Gasteiger partial charge in [0.05, 0.1) is 0 Å². The number of hydrogen-bond donors (Lipinski definition) is 1. The van der Waals surface area contributed by atoms with Crippen LogP contribution in [0.4, 0.5) is 0 Å². The largest absolute Gasteiger partial charge is 0.337 e. The summed E-state index contributed by atoms with van der Waals surface area (Å²) in [4.78, 5) is 0. The fourth-order valence-corrected chi connectivity index (χ4v) is 1.95. The number of halogens is 1. The van der Waals surface area contributed by atoms with Crippen molar-refractivity contribution in [2.75, 3.05) is 0 Å². The third-order valence-corrected chi connectivity index (χ3v) is 3.20. The predicted molar refractivity (Wildman–Crippen MR) is 71.9 cm³/mol. The average molecular weight is 247 g/mol. The van der Waals surface area contributed by atoms with Crippen molar-refractivity contribution in [3.05, 3.63) is 70.7 Å². The molecule has 2 aromatic carbocycles. The standard InChI is InChI=1S/C15H16ClN/c1-12(14-5-3-2-4-6-14)17-11-13-7-9-15(16)10-8-13/h2-10,12,17H,11H2,1H3/p+1/t12-/m1/s1. The van der Waals surface area contributed by atoms with Crippen LogP contribution < -0.4 is 5.32 Å². The molecule has 0 saturated heterocycles. The van der Waals surface area contributed by atoms with Gasteiger partial charge in [0.25, 0.3) is 0 Å². The highest BCUT2D eigenvalue weighted by molar-refractivity contribution is 6.30. The summed E-state index contributed by atoms with van der Waals surface area (Å²) in [5, 5.41) is 3.13. The van der Waals surface area contributed by atoms with E-state index >= 15 is 0 Å². The van der Waals surface area contributed by atoms with E-state index in [1.807, 2.05) is 12.1 Å². The van der Waals surface area contributed by atoms with Crippen LogP contribution in [0.5, 0.6) is 0 Å². The quantitative estimate of drug-likeness (QED) is 0.854. The van der Waals surface area contributed by atoms with Crippen LogP contribution in [0.1, 0.15) is 24.1 Å². The lowest BCUT2D eigenvalue weighted by Gasteiger charge is -2.10. The Bertz CT molecular complexity index is 450. The molecule has 0 radical (unpaired) electrons. The highest BCUT2D eigenvalue weighted by atomic mass is 35.5. The van der Waals surface area contributed by atoms with Crippen LogP contribution in [-0.4, -0.2) is 0 Å². The van der Waals surface area contributed by atoms with Gasteiger partial charge in [-0.1, -0.05) is 54.1 Å². The Kier molecular flexibility index (Phi) is 4.18. The van der Waals surface area contributed by atoms with E-state index in [4.69, 9.17) is 11.6 Å². The molecule has 0 aliphatic heterocycles. The molecule has 0 aliphatic carbocycles. The molecular formula is C15H17ClN+. The van der Waals surface area contributed by atoms with E-state index in [0.29, 0.717) is 6.04 Å². The molecule has 0 spiro atoms. The van der Waals surface area contributed by atoms with Crippen molar-refractivity contribution >= 4 is 11.6 Å². The lowest BCUT2D eigenvalue weighted by atomic mass is 10.1. The zero-order valence-electron chi connectivity index (χ0n) is 9.94. The molecule has 0 amide bonds. The fraction of sp³-hybridized carbons (Fsp3) is 0.200.